The van der Waals surface area contributed by atoms with E-state index in [1.165, 1.54) is 0 Å². The molecule has 0 N–H and O–H groups in total. The average molecular weight is 354 g/mol. The van der Waals surface area contributed by atoms with E-state index >= 15 is 0 Å². The molecule has 1 aliphatic rings. The van der Waals surface area contributed by atoms with Crippen molar-refractivity contribution in [2.75, 3.05) is 40.9 Å². The maximum absolute atomic E-state index is 12.9. The number of rotatable bonds is 4. The summed E-state index contributed by atoms with van der Waals surface area (Å²) in [4.78, 5) is 17.1. The van der Waals surface area contributed by atoms with E-state index in [1.54, 1.807) is 14.2 Å². The maximum atomic E-state index is 12.9. The molecular formula is C21H26N2O3. The molecule has 1 atom stereocenters. The zero-order chi connectivity index (χ0) is 18.7. The lowest BCUT2D eigenvalue weighted by Gasteiger charge is -2.40. The number of piperazine rings is 1. The topological polar surface area (TPSA) is 42.0 Å². The van der Waals surface area contributed by atoms with E-state index in [9.17, 15) is 4.79 Å². The summed E-state index contributed by atoms with van der Waals surface area (Å²) >= 11 is 0. The Hall–Kier alpha value is -2.53. The van der Waals surface area contributed by atoms with Crippen molar-refractivity contribution in [2.45, 2.75) is 13.0 Å². The van der Waals surface area contributed by atoms with Gasteiger partial charge < -0.3 is 14.4 Å². The summed E-state index contributed by atoms with van der Waals surface area (Å²) in [5, 5.41) is 0. The minimum atomic E-state index is 0.0901. The fourth-order valence-electron chi connectivity index (χ4n) is 3.44. The van der Waals surface area contributed by atoms with E-state index in [0.717, 1.165) is 29.8 Å². The van der Waals surface area contributed by atoms with Gasteiger partial charge in [-0.3, -0.25) is 9.69 Å². The molecule has 3 rings (SSSR count). The van der Waals surface area contributed by atoms with E-state index in [-0.39, 0.29) is 11.9 Å². The summed E-state index contributed by atoms with van der Waals surface area (Å²) in [7, 11) is 5.36. The highest BCUT2D eigenvalue weighted by Gasteiger charge is 2.29. The van der Waals surface area contributed by atoms with Crippen LogP contribution in [0.2, 0.25) is 0 Å². The standard InChI is InChI=1S/C21H26N2O3/c1-15-6-5-7-17(12-15)21(24)23-11-10-22(2)18(14-23)16-8-9-19(25-3)20(13-16)26-4/h5-9,12-13,18H,10-11,14H2,1-4H3. The Kier molecular flexibility index (Phi) is 5.47. The van der Waals surface area contributed by atoms with Gasteiger partial charge in [0.2, 0.25) is 0 Å². The van der Waals surface area contributed by atoms with Gasteiger partial charge in [-0.1, -0.05) is 23.8 Å². The van der Waals surface area contributed by atoms with Gasteiger partial charge in [0, 0.05) is 25.2 Å². The lowest BCUT2D eigenvalue weighted by atomic mass is 10.0. The largest absolute Gasteiger partial charge is 0.493 e. The Balaban J connectivity index is 1.83. The molecule has 1 aliphatic heterocycles. The molecule has 0 bridgehead atoms. The van der Waals surface area contributed by atoms with Gasteiger partial charge in [0.05, 0.1) is 20.3 Å². The maximum Gasteiger partial charge on any atom is 0.253 e. The second kappa shape index (κ2) is 7.79. The lowest BCUT2D eigenvalue weighted by Crippen LogP contribution is -2.49. The molecule has 1 saturated heterocycles. The monoisotopic (exact) mass is 354 g/mol. The molecule has 5 nitrogen and oxygen atoms in total. The molecule has 1 heterocycles. The van der Waals surface area contributed by atoms with Gasteiger partial charge in [-0.05, 0) is 43.8 Å². The van der Waals surface area contributed by atoms with Crippen LogP contribution in [0.15, 0.2) is 42.5 Å². The molecule has 26 heavy (non-hydrogen) atoms. The summed E-state index contributed by atoms with van der Waals surface area (Å²) in [6, 6.07) is 13.9. The van der Waals surface area contributed by atoms with Crippen molar-refractivity contribution in [3.63, 3.8) is 0 Å². The molecule has 2 aromatic rings. The Morgan fingerprint density at radius 2 is 1.81 bits per heavy atom. The highest BCUT2D eigenvalue weighted by atomic mass is 16.5. The Bertz CT molecular complexity index is 791. The van der Waals surface area contributed by atoms with E-state index in [0.29, 0.717) is 18.0 Å². The van der Waals surface area contributed by atoms with Crippen LogP contribution in [0.4, 0.5) is 0 Å². The third kappa shape index (κ3) is 3.68. The highest BCUT2D eigenvalue weighted by molar-refractivity contribution is 5.94. The van der Waals surface area contributed by atoms with Crippen LogP contribution < -0.4 is 9.47 Å². The lowest BCUT2D eigenvalue weighted by molar-refractivity contribution is 0.0546. The van der Waals surface area contributed by atoms with Crippen LogP contribution in [0.3, 0.4) is 0 Å². The molecule has 0 radical (unpaired) electrons. The normalized spacial score (nSPS) is 17.8. The van der Waals surface area contributed by atoms with Crippen LogP contribution in [-0.4, -0.2) is 56.6 Å². The van der Waals surface area contributed by atoms with Crippen LogP contribution in [0.5, 0.6) is 11.5 Å². The number of hydrogen-bond acceptors (Lipinski definition) is 4. The fraction of sp³-hybridized carbons (Fsp3) is 0.381. The molecule has 1 fully saturated rings. The van der Waals surface area contributed by atoms with Gasteiger partial charge in [0.1, 0.15) is 0 Å². The van der Waals surface area contributed by atoms with Gasteiger partial charge in [-0.25, -0.2) is 0 Å². The van der Waals surface area contributed by atoms with E-state index < -0.39 is 0 Å². The summed E-state index contributed by atoms with van der Waals surface area (Å²) in [6.45, 7) is 4.22. The number of benzene rings is 2. The highest BCUT2D eigenvalue weighted by Crippen LogP contribution is 2.33. The molecule has 0 spiro atoms. The average Bonchev–Trinajstić information content (AvgIpc) is 2.67. The minimum Gasteiger partial charge on any atom is -0.493 e. The first-order chi connectivity index (χ1) is 12.5. The van der Waals surface area contributed by atoms with Crippen molar-refractivity contribution in [2.24, 2.45) is 0 Å². The zero-order valence-corrected chi connectivity index (χ0v) is 15.9. The smallest absolute Gasteiger partial charge is 0.253 e. The molecular weight excluding hydrogens is 328 g/mol. The Labute approximate surface area is 155 Å². The Morgan fingerprint density at radius 3 is 2.50 bits per heavy atom. The quantitative estimate of drug-likeness (QED) is 0.846. The van der Waals surface area contributed by atoms with Crippen molar-refractivity contribution >= 4 is 5.91 Å². The minimum absolute atomic E-state index is 0.0901. The zero-order valence-electron chi connectivity index (χ0n) is 15.9. The van der Waals surface area contributed by atoms with Gasteiger partial charge in [-0.15, -0.1) is 0 Å². The summed E-state index contributed by atoms with van der Waals surface area (Å²) in [5.74, 6) is 1.51. The van der Waals surface area contributed by atoms with Crippen molar-refractivity contribution in [1.29, 1.82) is 0 Å². The summed E-state index contributed by atoms with van der Waals surface area (Å²) in [6.07, 6.45) is 0. The summed E-state index contributed by atoms with van der Waals surface area (Å²) in [5.41, 5.74) is 2.97. The Morgan fingerprint density at radius 1 is 1.04 bits per heavy atom. The number of nitrogens with zero attached hydrogens (tertiary/aromatic N) is 2. The molecule has 0 aromatic heterocycles. The van der Waals surface area contributed by atoms with Gasteiger partial charge >= 0.3 is 0 Å². The number of hydrogen-bond donors (Lipinski definition) is 0. The van der Waals surface area contributed by atoms with Crippen LogP contribution >= 0.6 is 0 Å². The first-order valence-electron chi connectivity index (χ1n) is 8.81. The number of likely N-dealkylation sites (N-methyl/N-ethyl adjacent to an activating group) is 1. The number of carbonyl (C=O) groups excluding carboxylic acids is 1. The van der Waals surface area contributed by atoms with E-state index in [1.807, 2.05) is 54.3 Å². The number of ether oxygens (including phenoxy) is 2. The summed E-state index contributed by atoms with van der Waals surface area (Å²) < 4.78 is 10.8. The second-order valence-electron chi connectivity index (χ2n) is 6.73. The third-order valence-corrected chi connectivity index (χ3v) is 4.99. The van der Waals surface area contributed by atoms with Gasteiger partial charge in [0.15, 0.2) is 11.5 Å². The second-order valence-corrected chi connectivity index (χ2v) is 6.73. The molecule has 2 aromatic carbocycles. The number of aryl methyl sites for hydroxylation is 1. The van der Waals surface area contributed by atoms with Crippen molar-refractivity contribution in [3.05, 3.63) is 59.2 Å². The first-order valence-corrected chi connectivity index (χ1v) is 8.81. The van der Waals surface area contributed by atoms with Crippen LogP contribution in [0.1, 0.15) is 27.5 Å². The molecule has 0 saturated carbocycles. The number of amides is 1. The van der Waals surface area contributed by atoms with Crippen LogP contribution in [0.25, 0.3) is 0 Å². The number of carbonyl (C=O) groups is 1. The van der Waals surface area contributed by atoms with E-state index in [4.69, 9.17) is 9.47 Å². The van der Waals surface area contributed by atoms with Crippen molar-refractivity contribution in [1.82, 2.24) is 9.80 Å². The molecule has 138 valence electrons. The van der Waals surface area contributed by atoms with Gasteiger partial charge in [-0.2, -0.15) is 0 Å². The third-order valence-electron chi connectivity index (χ3n) is 4.99. The molecule has 5 heteroatoms. The first kappa shape index (κ1) is 18.3. The molecule has 0 aliphatic carbocycles. The molecule has 1 unspecified atom stereocenters. The SMILES string of the molecule is COc1ccc(C2CN(C(=O)c3cccc(C)c3)CCN2C)cc1OC. The predicted octanol–water partition coefficient (Wildman–Crippen LogP) is 3.14. The number of methoxy groups -OCH3 is 2. The fourth-order valence-corrected chi connectivity index (χ4v) is 3.44. The van der Waals surface area contributed by atoms with Crippen molar-refractivity contribution < 1.29 is 14.3 Å². The van der Waals surface area contributed by atoms with Crippen molar-refractivity contribution in [3.8, 4) is 11.5 Å². The molecule has 1 amide bonds. The van der Waals surface area contributed by atoms with Crippen LogP contribution in [0, 0.1) is 6.92 Å². The van der Waals surface area contributed by atoms with Gasteiger partial charge in [0.25, 0.3) is 5.91 Å². The van der Waals surface area contributed by atoms with E-state index in [2.05, 4.69) is 11.9 Å². The van der Waals surface area contributed by atoms with Crippen LogP contribution in [-0.2, 0) is 0 Å². The predicted molar refractivity (Wildman–Crippen MR) is 102 cm³/mol.